The van der Waals surface area contributed by atoms with Gasteiger partial charge in [-0.2, -0.15) is 0 Å². The highest BCUT2D eigenvalue weighted by molar-refractivity contribution is 5.72. The largest absolute Gasteiger partial charge is 0.212 e. The van der Waals surface area contributed by atoms with Gasteiger partial charge in [0.1, 0.15) is 5.83 Å². The van der Waals surface area contributed by atoms with Gasteiger partial charge in [0, 0.05) is 0 Å². The predicted molar refractivity (Wildman–Crippen MR) is 94.4 cm³/mol. The number of halogens is 1. The summed E-state index contributed by atoms with van der Waals surface area (Å²) < 4.78 is 13.4. The van der Waals surface area contributed by atoms with E-state index in [0.29, 0.717) is 12.0 Å². The van der Waals surface area contributed by atoms with E-state index in [0.717, 1.165) is 6.42 Å². The molecule has 0 saturated carbocycles. The first kappa shape index (κ1) is 16.5. The maximum Gasteiger partial charge on any atom is 0.103 e. The molecule has 0 fully saturated rings. The molecule has 0 aromatic heterocycles. The van der Waals surface area contributed by atoms with Gasteiger partial charge < -0.3 is 0 Å². The van der Waals surface area contributed by atoms with Crippen molar-refractivity contribution in [1.29, 1.82) is 0 Å². The van der Waals surface area contributed by atoms with Gasteiger partial charge in [0.25, 0.3) is 0 Å². The molecular formula is C21H25F. The van der Waals surface area contributed by atoms with E-state index in [1.807, 2.05) is 26.0 Å². The summed E-state index contributed by atoms with van der Waals surface area (Å²) in [6.07, 6.45) is 12.1. The van der Waals surface area contributed by atoms with E-state index < -0.39 is 0 Å². The van der Waals surface area contributed by atoms with Crippen LogP contribution in [0.4, 0.5) is 4.39 Å². The van der Waals surface area contributed by atoms with Gasteiger partial charge in [0.15, 0.2) is 0 Å². The lowest BCUT2D eigenvalue weighted by Gasteiger charge is -2.18. The standard InChI is InChI=1S/C21H25F/c1-4-21(22)17(3)10-7-9-16(2)15-19-13-8-12-18-11-5-6-14-20(18)19/h5-7,9-11,14-15H,4,8,12-13H2,1-3H3/b10-7+,16-9-,19-15+,21-17-. The second-order valence-electron chi connectivity index (χ2n) is 5.89. The van der Waals surface area contributed by atoms with Crippen molar-refractivity contribution in [2.24, 2.45) is 0 Å². The third kappa shape index (κ3) is 4.30. The molecule has 0 atom stereocenters. The Morgan fingerprint density at radius 3 is 2.73 bits per heavy atom. The SMILES string of the molecule is CC/C(F)=C(C)/C=C/C=C(C)\C=C1/CCCc2ccccc21. The van der Waals surface area contributed by atoms with Gasteiger partial charge in [-0.25, -0.2) is 4.39 Å². The first-order chi connectivity index (χ1) is 10.6. The smallest absolute Gasteiger partial charge is 0.103 e. The fourth-order valence-corrected chi connectivity index (χ4v) is 2.84. The second kappa shape index (κ2) is 7.93. The molecule has 2 rings (SSSR count). The van der Waals surface area contributed by atoms with Crippen molar-refractivity contribution >= 4 is 5.57 Å². The Hall–Kier alpha value is -1.89. The maximum absolute atomic E-state index is 13.4. The molecule has 0 aliphatic heterocycles. The molecule has 0 amide bonds. The Balaban J connectivity index is 2.16. The fraction of sp³-hybridized carbons (Fsp3) is 0.333. The summed E-state index contributed by atoms with van der Waals surface area (Å²) in [4.78, 5) is 0. The summed E-state index contributed by atoms with van der Waals surface area (Å²) in [6.45, 7) is 5.75. The highest BCUT2D eigenvalue weighted by atomic mass is 19.1. The van der Waals surface area contributed by atoms with Gasteiger partial charge in [0.2, 0.25) is 0 Å². The topological polar surface area (TPSA) is 0 Å². The van der Waals surface area contributed by atoms with Crippen LogP contribution in [0.1, 0.15) is 51.2 Å². The predicted octanol–water partition coefficient (Wildman–Crippen LogP) is 6.56. The summed E-state index contributed by atoms with van der Waals surface area (Å²) in [5, 5.41) is 0. The number of fused-ring (bicyclic) bond motifs is 1. The molecule has 1 aliphatic carbocycles. The van der Waals surface area contributed by atoms with Gasteiger partial charge >= 0.3 is 0 Å². The van der Waals surface area contributed by atoms with Gasteiger partial charge in [-0.15, -0.1) is 0 Å². The molecule has 116 valence electrons. The van der Waals surface area contributed by atoms with Crippen LogP contribution in [0.15, 0.2) is 65.5 Å². The highest BCUT2D eigenvalue weighted by Gasteiger charge is 2.12. The molecule has 0 saturated heterocycles. The van der Waals surface area contributed by atoms with E-state index in [-0.39, 0.29) is 5.83 Å². The van der Waals surface area contributed by atoms with E-state index in [4.69, 9.17) is 0 Å². The Morgan fingerprint density at radius 2 is 1.95 bits per heavy atom. The minimum absolute atomic E-state index is 0.0399. The molecule has 0 bridgehead atoms. The molecule has 1 aromatic rings. The number of rotatable bonds is 4. The van der Waals surface area contributed by atoms with Crippen molar-refractivity contribution in [3.63, 3.8) is 0 Å². The Kier molecular flexibility index (Phi) is 5.94. The summed E-state index contributed by atoms with van der Waals surface area (Å²) >= 11 is 0. The lowest BCUT2D eigenvalue weighted by atomic mass is 9.86. The van der Waals surface area contributed by atoms with Gasteiger partial charge in [-0.05, 0) is 61.8 Å². The summed E-state index contributed by atoms with van der Waals surface area (Å²) in [6, 6.07) is 8.67. The van der Waals surface area contributed by atoms with Crippen LogP contribution < -0.4 is 0 Å². The number of allylic oxidation sites excluding steroid dienone is 8. The van der Waals surface area contributed by atoms with E-state index in [2.05, 4.69) is 43.3 Å². The van der Waals surface area contributed by atoms with E-state index in [1.54, 1.807) is 0 Å². The molecule has 0 heterocycles. The fourth-order valence-electron chi connectivity index (χ4n) is 2.84. The normalized spacial score (nSPS) is 18.5. The summed E-state index contributed by atoms with van der Waals surface area (Å²) in [5.41, 5.74) is 6.16. The zero-order chi connectivity index (χ0) is 15.9. The van der Waals surface area contributed by atoms with Crippen molar-refractivity contribution in [2.75, 3.05) is 0 Å². The molecule has 0 spiro atoms. The zero-order valence-electron chi connectivity index (χ0n) is 13.8. The number of aryl methyl sites for hydroxylation is 1. The maximum atomic E-state index is 13.4. The molecule has 0 N–H and O–H groups in total. The van der Waals surface area contributed by atoms with Crippen LogP contribution >= 0.6 is 0 Å². The monoisotopic (exact) mass is 296 g/mol. The molecule has 1 heteroatoms. The highest BCUT2D eigenvalue weighted by Crippen LogP contribution is 2.31. The third-order valence-electron chi connectivity index (χ3n) is 4.10. The van der Waals surface area contributed by atoms with Crippen LogP contribution in [0.5, 0.6) is 0 Å². The molecule has 1 aromatic carbocycles. The van der Waals surface area contributed by atoms with Crippen LogP contribution in [0.3, 0.4) is 0 Å². The quantitative estimate of drug-likeness (QED) is 0.552. The molecule has 22 heavy (non-hydrogen) atoms. The Labute approximate surface area is 133 Å². The number of hydrogen-bond acceptors (Lipinski definition) is 0. The average molecular weight is 296 g/mol. The lowest BCUT2D eigenvalue weighted by Crippen LogP contribution is -2.01. The summed E-state index contributed by atoms with van der Waals surface area (Å²) in [5.74, 6) is -0.0399. The number of hydrogen-bond donors (Lipinski definition) is 0. The molecule has 0 nitrogen and oxygen atoms in total. The Morgan fingerprint density at radius 1 is 1.18 bits per heavy atom. The van der Waals surface area contributed by atoms with Crippen molar-refractivity contribution in [3.05, 3.63) is 76.7 Å². The van der Waals surface area contributed by atoms with Gasteiger partial charge in [0.05, 0.1) is 0 Å². The van der Waals surface area contributed by atoms with Gasteiger partial charge in [-0.1, -0.05) is 61.1 Å². The van der Waals surface area contributed by atoms with Crippen molar-refractivity contribution in [3.8, 4) is 0 Å². The van der Waals surface area contributed by atoms with Crippen molar-refractivity contribution in [2.45, 2.75) is 46.5 Å². The first-order valence-corrected chi connectivity index (χ1v) is 8.11. The Bertz CT molecular complexity index is 642. The van der Waals surface area contributed by atoms with Crippen LogP contribution in [-0.4, -0.2) is 0 Å². The molecule has 0 radical (unpaired) electrons. The van der Waals surface area contributed by atoms with Crippen molar-refractivity contribution < 1.29 is 4.39 Å². The van der Waals surface area contributed by atoms with Crippen LogP contribution in [0.2, 0.25) is 0 Å². The van der Waals surface area contributed by atoms with Crippen LogP contribution in [0.25, 0.3) is 5.57 Å². The van der Waals surface area contributed by atoms with E-state index >= 15 is 0 Å². The third-order valence-corrected chi connectivity index (χ3v) is 4.10. The molecule has 1 aliphatic rings. The first-order valence-electron chi connectivity index (χ1n) is 8.11. The van der Waals surface area contributed by atoms with Gasteiger partial charge in [-0.3, -0.25) is 0 Å². The van der Waals surface area contributed by atoms with Crippen LogP contribution in [-0.2, 0) is 6.42 Å². The minimum Gasteiger partial charge on any atom is -0.212 e. The number of benzene rings is 1. The van der Waals surface area contributed by atoms with Crippen LogP contribution in [0, 0.1) is 0 Å². The molecule has 0 unspecified atom stereocenters. The lowest BCUT2D eigenvalue weighted by molar-refractivity contribution is 0.595. The minimum atomic E-state index is -0.0399. The van der Waals surface area contributed by atoms with E-state index in [1.165, 1.54) is 35.1 Å². The van der Waals surface area contributed by atoms with E-state index in [9.17, 15) is 4.39 Å². The molecular weight excluding hydrogens is 271 g/mol. The second-order valence-corrected chi connectivity index (χ2v) is 5.89. The van der Waals surface area contributed by atoms with Crippen molar-refractivity contribution in [1.82, 2.24) is 0 Å². The summed E-state index contributed by atoms with van der Waals surface area (Å²) in [7, 11) is 0. The average Bonchev–Trinajstić information content (AvgIpc) is 2.54. The zero-order valence-corrected chi connectivity index (χ0v) is 13.8.